The Hall–Kier alpha value is -1.16. The number of aromatic nitrogens is 2. The van der Waals surface area contributed by atoms with E-state index in [4.69, 9.17) is 0 Å². The fourth-order valence-electron chi connectivity index (χ4n) is 2.48. The molecule has 2 unspecified atom stereocenters. The van der Waals surface area contributed by atoms with Gasteiger partial charge in [0.2, 0.25) is 0 Å². The molecule has 0 aromatic carbocycles. The molecule has 0 spiro atoms. The molecule has 1 saturated heterocycles. The summed E-state index contributed by atoms with van der Waals surface area (Å²) in [5.41, 5.74) is 1.04. The van der Waals surface area contributed by atoms with Crippen LogP contribution in [0.5, 0.6) is 0 Å². The van der Waals surface area contributed by atoms with Gasteiger partial charge in [-0.2, -0.15) is 0 Å². The van der Waals surface area contributed by atoms with Gasteiger partial charge in [0.1, 0.15) is 12.1 Å². The van der Waals surface area contributed by atoms with Crippen molar-refractivity contribution in [2.75, 3.05) is 25.0 Å². The van der Waals surface area contributed by atoms with E-state index in [0.717, 1.165) is 24.6 Å². The third-order valence-electron chi connectivity index (χ3n) is 3.73. The zero-order valence-electron chi connectivity index (χ0n) is 11.0. The van der Waals surface area contributed by atoms with Crippen molar-refractivity contribution in [3.8, 4) is 0 Å². The van der Waals surface area contributed by atoms with Gasteiger partial charge in [-0.1, -0.05) is 0 Å². The van der Waals surface area contributed by atoms with E-state index in [1.54, 1.807) is 6.33 Å². The zero-order valence-corrected chi connectivity index (χ0v) is 11.0. The van der Waals surface area contributed by atoms with Gasteiger partial charge in [0, 0.05) is 30.9 Å². The Labute approximate surface area is 103 Å². The SMILES string of the molecule is CNC(C)C1CCCN(c2cc(C)ncn2)C1. The lowest BCUT2D eigenvalue weighted by molar-refractivity contribution is 0.332. The fraction of sp³-hybridized carbons (Fsp3) is 0.692. The van der Waals surface area contributed by atoms with Crippen LogP contribution < -0.4 is 10.2 Å². The van der Waals surface area contributed by atoms with Crippen LogP contribution in [0.15, 0.2) is 12.4 Å². The van der Waals surface area contributed by atoms with Crippen LogP contribution in [0.2, 0.25) is 0 Å². The predicted molar refractivity (Wildman–Crippen MR) is 70.2 cm³/mol. The monoisotopic (exact) mass is 234 g/mol. The molecule has 1 fully saturated rings. The van der Waals surface area contributed by atoms with Gasteiger partial charge < -0.3 is 10.2 Å². The van der Waals surface area contributed by atoms with E-state index < -0.39 is 0 Å². The fourth-order valence-corrected chi connectivity index (χ4v) is 2.48. The minimum Gasteiger partial charge on any atom is -0.356 e. The molecule has 0 bridgehead atoms. The Morgan fingerprint density at radius 3 is 3.00 bits per heavy atom. The molecule has 2 rings (SSSR count). The largest absolute Gasteiger partial charge is 0.356 e. The molecule has 0 amide bonds. The van der Waals surface area contributed by atoms with Crippen LogP contribution in [0.25, 0.3) is 0 Å². The first kappa shape index (κ1) is 12.3. The van der Waals surface area contributed by atoms with Crippen molar-refractivity contribution in [3.05, 3.63) is 18.1 Å². The maximum atomic E-state index is 4.38. The van der Waals surface area contributed by atoms with Crippen LogP contribution in [-0.2, 0) is 0 Å². The molecule has 1 aromatic rings. The molecule has 4 heteroatoms. The van der Waals surface area contributed by atoms with Crippen LogP contribution in [0.4, 0.5) is 5.82 Å². The van der Waals surface area contributed by atoms with Gasteiger partial charge in [0.25, 0.3) is 0 Å². The van der Waals surface area contributed by atoms with Crippen molar-refractivity contribution in [2.45, 2.75) is 32.7 Å². The predicted octanol–water partition coefficient (Wildman–Crippen LogP) is 1.61. The van der Waals surface area contributed by atoms with Crippen LogP contribution in [0, 0.1) is 12.8 Å². The van der Waals surface area contributed by atoms with E-state index in [2.05, 4.69) is 33.2 Å². The normalized spacial score (nSPS) is 22.5. The first-order valence-electron chi connectivity index (χ1n) is 6.41. The summed E-state index contributed by atoms with van der Waals surface area (Å²) in [5.74, 6) is 1.79. The minimum atomic E-state index is 0.570. The molecule has 0 aliphatic carbocycles. The summed E-state index contributed by atoms with van der Waals surface area (Å²) in [6, 6.07) is 2.65. The summed E-state index contributed by atoms with van der Waals surface area (Å²) in [7, 11) is 2.04. The second kappa shape index (κ2) is 5.45. The Bertz CT molecular complexity index is 366. The van der Waals surface area contributed by atoms with Crippen LogP contribution in [0.1, 0.15) is 25.5 Å². The Morgan fingerprint density at radius 1 is 1.47 bits per heavy atom. The summed E-state index contributed by atoms with van der Waals surface area (Å²) < 4.78 is 0. The molecule has 2 heterocycles. The summed E-state index contributed by atoms with van der Waals surface area (Å²) in [6.45, 7) is 6.49. The van der Waals surface area contributed by atoms with Crippen molar-refractivity contribution in [1.82, 2.24) is 15.3 Å². The van der Waals surface area contributed by atoms with Crippen molar-refractivity contribution < 1.29 is 0 Å². The second-order valence-electron chi connectivity index (χ2n) is 4.94. The van der Waals surface area contributed by atoms with Gasteiger partial charge >= 0.3 is 0 Å². The minimum absolute atomic E-state index is 0.570. The Morgan fingerprint density at radius 2 is 2.29 bits per heavy atom. The van der Waals surface area contributed by atoms with Crippen molar-refractivity contribution in [3.63, 3.8) is 0 Å². The maximum Gasteiger partial charge on any atom is 0.132 e. The van der Waals surface area contributed by atoms with Crippen LogP contribution in [0.3, 0.4) is 0 Å². The third kappa shape index (κ3) is 2.94. The maximum absolute atomic E-state index is 4.38. The highest BCUT2D eigenvalue weighted by Crippen LogP contribution is 2.23. The van der Waals surface area contributed by atoms with Crippen molar-refractivity contribution in [1.29, 1.82) is 0 Å². The van der Waals surface area contributed by atoms with E-state index in [0.29, 0.717) is 12.0 Å². The van der Waals surface area contributed by atoms with Gasteiger partial charge in [0.15, 0.2) is 0 Å². The molecule has 4 nitrogen and oxygen atoms in total. The van der Waals surface area contributed by atoms with Crippen LogP contribution in [-0.4, -0.2) is 36.1 Å². The first-order valence-corrected chi connectivity index (χ1v) is 6.41. The number of piperidine rings is 1. The molecule has 17 heavy (non-hydrogen) atoms. The quantitative estimate of drug-likeness (QED) is 0.862. The van der Waals surface area contributed by atoms with Crippen molar-refractivity contribution >= 4 is 5.82 Å². The van der Waals surface area contributed by atoms with Gasteiger partial charge in [-0.05, 0) is 39.7 Å². The van der Waals surface area contributed by atoms with Crippen molar-refractivity contribution in [2.24, 2.45) is 5.92 Å². The van der Waals surface area contributed by atoms with Gasteiger partial charge in [-0.3, -0.25) is 0 Å². The van der Waals surface area contributed by atoms with E-state index >= 15 is 0 Å². The summed E-state index contributed by atoms with van der Waals surface area (Å²) in [5, 5.41) is 3.36. The summed E-state index contributed by atoms with van der Waals surface area (Å²) in [6.07, 6.45) is 4.22. The van der Waals surface area contributed by atoms with E-state index in [9.17, 15) is 0 Å². The van der Waals surface area contributed by atoms with Gasteiger partial charge in [-0.25, -0.2) is 9.97 Å². The molecule has 0 saturated carbocycles. The van der Waals surface area contributed by atoms with E-state index in [1.165, 1.54) is 12.8 Å². The summed E-state index contributed by atoms with van der Waals surface area (Å²) >= 11 is 0. The molecule has 0 radical (unpaired) electrons. The number of anilines is 1. The highest BCUT2D eigenvalue weighted by atomic mass is 15.2. The molecule has 1 aliphatic rings. The molecular weight excluding hydrogens is 212 g/mol. The number of hydrogen-bond donors (Lipinski definition) is 1. The molecule has 94 valence electrons. The summed E-state index contributed by atoms with van der Waals surface area (Å²) in [4.78, 5) is 10.9. The molecule has 1 aromatic heterocycles. The lowest BCUT2D eigenvalue weighted by Gasteiger charge is -2.36. The number of aryl methyl sites for hydroxylation is 1. The topological polar surface area (TPSA) is 41.0 Å². The smallest absolute Gasteiger partial charge is 0.132 e. The van der Waals surface area contributed by atoms with E-state index in [-0.39, 0.29) is 0 Å². The Kier molecular flexibility index (Phi) is 3.94. The lowest BCUT2D eigenvalue weighted by Crippen LogP contribution is -2.43. The highest BCUT2D eigenvalue weighted by molar-refractivity contribution is 5.39. The number of nitrogens with zero attached hydrogens (tertiary/aromatic N) is 3. The third-order valence-corrected chi connectivity index (χ3v) is 3.73. The first-order chi connectivity index (χ1) is 8.20. The van der Waals surface area contributed by atoms with Crippen LogP contribution >= 0.6 is 0 Å². The lowest BCUT2D eigenvalue weighted by atomic mass is 9.91. The highest BCUT2D eigenvalue weighted by Gasteiger charge is 2.24. The average molecular weight is 234 g/mol. The number of nitrogens with one attached hydrogen (secondary N) is 1. The molecule has 1 aliphatic heterocycles. The second-order valence-corrected chi connectivity index (χ2v) is 4.94. The Balaban J connectivity index is 2.07. The number of rotatable bonds is 3. The molecule has 2 atom stereocenters. The standard InChI is InChI=1S/C13H22N4/c1-10-7-13(16-9-15-10)17-6-4-5-12(8-17)11(2)14-3/h7,9,11-12,14H,4-6,8H2,1-3H3. The van der Waals surface area contributed by atoms with Gasteiger partial charge in [-0.15, -0.1) is 0 Å². The average Bonchev–Trinajstić information content (AvgIpc) is 2.38. The van der Waals surface area contributed by atoms with E-state index in [1.807, 2.05) is 14.0 Å². The zero-order chi connectivity index (χ0) is 12.3. The molecule has 1 N–H and O–H groups in total. The molecular formula is C13H22N4. The van der Waals surface area contributed by atoms with Gasteiger partial charge in [0.05, 0.1) is 0 Å². The number of hydrogen-bond acceptors (Lipinski definition) is 4.